The zero-order valence-corrected chi connectivity index (χ0v) is 13.5. The second-order valence-electron chi connectivity index (χ2n) is 5.15. The van der Waals surface area contributed by atoms with Crippen LogP contribution in [0.25, 0.3) is 12.2 Å². The van der Waals surface area contributed by atoms with Crippen LogP contribution in [0, 0.1) is 0 Å². The first kappa shape index (κ1) is 16.2. The average molecular weight is 296 g/mol. The molecule has 0 N–H and O–H groups in total. The molecular weight excluding hydrogens is 275 g/mol. The highest BCUT2D eigenvalue weighted by atomic mass is 16.5. The molecule has 1 heterocycles. The fourth-order valence-electron chi connectivity index (χ4n) is 2.38. The Labute approximate surface area is 131 Å². The van der Waals surface area contributed by atoms with Gasteiger partial charge in [-0.05, 0) is 26.3 Å². The van der Waals surface area contributed by atoms with E-state index in [9.17, 15) is 4.79 Å². The highest BCUT2D eigenvalue weighted by Crippen LogP contribution is 2.13. The molecule has 5 heteroatoms. The number of hydrogen-bond donors (Lipinski definition) is 0. The average Bonchev–Trinajstić information content (AvgIpc) is 2.55. The first-order valence-corrected chi connectivity index (χ1v) is 7.43. The van der Waals surface area contributed by atoms with Crippen LogP contribution in [-0.4, -0.2) is 17.4 Å². The standard InChI is InChI=1S/C17H21BN2O2/c1-4-14-15(5-2)19-16(20(18)17(14)21)12(3)22-11-13-9-7-6-8-10-13/h4-10,12H,11,18H2,1-3H3/b14-4+,15-5+/t12-/m1/s1. The summed E-state index contributed by atoms with van der Waals surface area (Å²) in [5, 5.41) is 1.33. The molecule has 2 aromatic rings. The number of aromatic nitrogens is 2. The molecule has 1 atom stereocenters. The van der Waals surface area contributed by atoms with Gasteiger partial charge in [-0.3, -0.25) is 4.79 Å². The molecule has 0 spiro atoms. The Bertz CT molecular complexity index is 813. The number of ether oxygens (including phenoxy) is 1. The molecule has 4 nitrogen and oxygen atoms in total. The van der Waals surface area contributed by atoms with Crippen LogP contribution < -0.4 is 16.1 Å². The molecule has 0 aliphatic heterocycles. The van der Waals surface area contributed by atoms with Crippen molar-refractivity contribution in [3.05, 3.63) is 62.6 Å². The van der Waals surface area contributed by atoms with Crippen LogP contribution in [0.15, 0.2) is 35.1 Å². The van der Waals surface area contributed by atoms with Crippen LogP contribution in [0.4, 0.5) is 0 Å². The second kappa shape index (κ2) is 7.23. The highest BCUT2D eigenvalue weighted by Gasteiger charge is 2.13. The fourth-order valence-corrected chi connectivity index (χ4v) is 2.38. The minimum atomic E-state index is -0.262. The van der Waals surface area contributed by atoms with Crippen molar-refractivity contribution in [1.29, 1.82) is 0 Å². The summed E-state index contributed by atoms with van der Waals surface area (Å²) in [6, 6.07) is 9.96. The molecule has 0 aliphatic carbocycles. The van der Waals surface area contributed by atoms with Crippen LogP contribution in [0.5, 0.6) is 0 Å². The van der Waals surface area contributed by atoms with Gasteiger partial charge in [0.25, 0.3) is 0 Å². The van der Waals surface area contributed by atoms with Crippen molar-refractivity contribution in [2.45, 2.75) is 33.5 Å². The third-order valence-electron chi connectivity index (χ3n) is 3.66. The first-order chi connectivity index (χ1) is 10.6. The van der Waals surface area contributed by atoms with Gasteiger partial charge in [0.05, 0.1) is 17.2 Å². The Balaban J connectivity index is 2.33. The van der Waals surface area contributed by atoms with Crippen LogP contribution in [0.1, 0.15) is 38.3 Å². The Kier molecular flexibility index (Phi) is 5.33. The van der Waals surface area contributed by atoms with Gasteiger partial charge < -0.3 is 9.21 Å². The predicted molar refractivity (Wildman–Crippen MR) is 91.6 cm³/mol. The summed E-state index contributed by atoms with van der Waals surface area (Å²) in [6.07, 6.45) is 3.39. The van der Waals surface area contributed by atoms with Crippen molar-refractivity contribution in [3.63, 3.8) is 0 Å². The Hall–Kier alpha value is -2.14. The molecule has 22 heavy (non-hydrogen) atoms. The smallest absolute Gasteiger partial charge is 0.248 e. The lowest BCUT2D eigenvalue weighted by molar-refractivity contribution is 0.0454. The maximum Gasteiger partial charge on any atom is 0.248 e. The molecule has 0 unspecified atom stereocenters. The van der Waals surface area contributed by atoms with Crippen molar-refractivity contribution in [3.8, 4) is 0 Å². The molecule has 2 rings (SSSR count). The topological polar surface area (TPSA) is 44.1 Å². The second-order valence-corrected chi connectivity index (χ2v) is 5.15. The van der Waals surface area contributed by atoms with Crippen molar-refractivity contribution in [2.24, 2.45) is 0 Å². The van der Waals surface area contributed by atoms with Gasteiger partial charge in [-0.15, -0.1) is 0 Å². The Morgan fingerprint density at radius 3 is 2.55 bits per heavy atom. The quantitative estimate of drug-likeness (QED) is 0.773. The summed E-state index contributed by atoms with van der Waals surface area (Å²) >= 11 is 0. The molecule has 1 aromatic carbocycles. The van der Waals surface area contributed by atoms with E-state index in [4.69, 9.17) is 4.74 Å². The third kappa shape index (κ3) is 3.36. The molecule has 0 bridgehead atoms. The molecule has 0 radical (unpaired) electrons. The van der Waals surface area contributed by atoms with E-state index in [-0.39, 0.29) is 11.7 Å². The number of hydrogen-bond acceptors (Lipinski definition) is 3. The summed E-state index contributed by atoms with van der Waals surface area (Å²) in [4.78, 5) is 17.0. The van der Waals surface area contributed by atoms with Crippen LogP contribution >= 0.6 is 0 Å². The predicted octanol–water partition coefficient (Wildman–Crippen LogP) is 0.518. The Morgan fingerprint density at radius 1 is 1.27 bits per heavy atom. The van der Waals surface area contributed by atoms with Crippen molar-refractivity contribution in [2.75, 3.05) is 0 Å². The van der Waals surface area contributed by atoms with Crippen LogP contribution in [-0.2, 0) is 11.3 Å². The van der Waals surface area contributed by atoms with Crippen molar-refractivity contribution in [1.82, 2.24) is 9.46 Å². The molecule has 1 aromatic heterocycles. The van der Waals surface area contributed by atoms with Gasteiger partial charge >= 0.3 is 0 Å². The first-order valence-electron chi connectivity index (χ1n) is 7.43. The Morgan fingerprint density at radius 2 is 1.95 bits per heavy atom. The number of rotatable bonds is 4. The zero-order valence-electron chi connectivity index (χ0n) is 13.5. The van der Waals surface area contributed by atoms with Gasteiger partial charge in [0.1, 0.15) is 11.9 Å². The SMILES string of the molecule is Bn1c([C@@H](C)OCc2ccccc2)nc(=C/C)/c(=C\C)c1=O. The minimum Gasteiger partial charge on any atom is -0.366 e. The van der Waals surface area contributed by atoms with Crippen molar-refractivity contribution < 1.29 is 4.74 Å². The normalized spacial score (nSPS) is 14.3. The summed E-state index contributed by atoms with van der Waals surface area (Å²) in [6.45, 7) is 6.14. The number of nitrogens with zero attached hydrogens (tertiary/aromatic N) is 2. The molecule has 114 valence electrons. The van der Waals surface area contributed by atoms with Gasteiger partial charge in [0.15, 0.2) is 0 Å². The van der Waals surface area contributed by atoms with E-state index in [1.807, 2.05) is 57.2 Å². The van der Waals surface area contributed by atoms with Crippen molar-refractivity contribution >= 4 is 20.1 Å². The summed E-state index contributed by atoms with van der Waals surface area (Å²) in [5.41, 5.74) is 1.05. The van der Waals surface area contributed by atoms with E-state index >= 15 is 0 Å². The molecule has 0 aliphatic rings. The molecule has 0 saturated heterocycles. The largest absolute Gasteiger partial charge is 0.366 e. The third-order valence-corrected chi connectivity index (χ3v) is 3.66. The fraction of sp³-hybridized carbons (Fsp3) is 0.294. The van der Waals surface area contributed by atoms with E-state index in [0.717, 1.165) is 5.56 Å². The van der Waals surface area contributed by atoms with Gasteiger partial charge in [0, 0.05) is 0 Å². The van der Waals surface area contributed by atoms with Crippen LogP contribution in [0.2, 0.25) is 0 Å². The highest BCUT2D eigenvalue weighted by molar-refractivity contribution is 6.06. The minimum absolute atomic E-state index is 0.0456. The van der Waals surface area contributed by atoms with Gasteiger partial charge in [0.2, 0.25) is 13.5 Å². The molecule has 0 saturated carbocycles. The number of benzene rings is 1. The summed E-state index contributed by atoms with van der Waals surface area (Å²) < 4.78 is 7.44. The van der Waals surface area contributed by atoms with E-state index in [2.05, 4.69) is 4.98 Å². The maximum atomic E-state index is 12.4. The van der Waals surface area contributed by atoms with E-state index in [0.29, 0.717) is 23.0 Å². The van der Waals surface area contributed by atoms with E-state index < -0.39 is 0 Å². The van der Waals surface area contributed by atoms with Crippen LogP contribution in [0.3, 0.4) is 0 Å². The monoisotopic (exact) mass is 296 g/mol. The zero-order chi connectivity index (χ0) is 16.1. The van der Waals surface area contributed by atoms with E-state index in [1.54, 1.807) is 18.5 Å². The maximum absolute atomic E-state index is 12.4. The van der Waals surface area contributed by atoms with Gasteiger partial charge in [-0.1, -0.05) is 42.5 Å². The lowest BCUT2D eigenvalue weighted by atomic mass is 10.2. The lowest BCUT2D eigenvalue weighted by Gasteiger charge is -2.16. The molecular formula is C17H21BN2O2. The summed E-state index contributed by atoms with van der Waals surface area (Å²) in [7, 11) is 1.74. The lowest BCUT2D eigenvalue weighted by Crippen LogP contribution is -2.48. The van der Waals surface area contributed by atoms with Gasteiger partial charge in [-0.25, -0.2) is 4.98 Å². The molecule has 0 fully saturated rings. The van der Waals surface area contributed by atoms with E-state index in [1.165, 1.54) is 0 Å². The van der Waals surface area contributed by atoms with Gasteiger partial charge in [-0.2, -0.15) is 0 Å². The molecule has 0 amide bonds. The summed E-state index contributed by atoms with van der Waals surface area (Å²) in [5.74, 6) is 0.639.